The second-order valence-corrected chi connectivity index (χ2v) is 5.96. The van der Waals surface area contributed by atoms with Gasteiger partial charge < -0.3 is 4.74 Å². The van der Waals surface area contributed by atoms with Crippen LogP contribution in [0.25, 0.3) is 0 Å². The van der Waals surface area contributed by atoms with Gasteiger partial charge in [0, 0.05) is 10.7 Å². The fraction of sp³-hybridized carbons (Fsp3) is 0.600. The Balaban J connectivity index is 2.74. The molecule has 0 spiro atoms. The average Bonchev–Trinajstić information content (AvgIpc) is 2.38. The van der Waals surface area contributed by atoms with E-state index in [1.807, 2.05) is 0 Å². The van der Waals surface area contributed by atoms with Gasteiger partial charge in [-0.25, -0.2) is 4.39 Å². The van der Waals surface area contributed by atoms with Crippen molar-refractivity contribution < 1.29 is 9.13 Å². The Kier molecular flexibility index (Phi) is 7.16. The van der Waals surface area contributed by atoms with Gasteiger partial charge in [0.2, 0.25) is 0 Å². The van der Waals surface area contributed by atoms with Crippen molar-refractivity contribution in [3.05, 3.63) is 29.0 Å². The normalized spacial score (nSPS) is 11.6. The van der Waals surface area contributed by atoms with Gasteiger partial charge in [0.1, 0.15) is 11.6 Å². The summed E-state index contributed by atoms with van der Waals surface area (Å²) in [5.74, 6) is 0.215. The predicted octanol–water partition coefficient (Wildman–Crippen LogP) is 5.84. The highest BCUT2D eigenvalue weighted by Gasteiger charge is 2.28. The van der Waals surface area contributed by atoms with Crippen molar-refractivity contribution in [2.45, 2.75) is 39.5 Å². The zero-order chi connectivity index (χ0) is 14.3. The molecule has 1 rings (SSSR count). The van der Waals surface area contributed by atoms with Gasteiger partial charge >= 0.3 is 0 Å². The second-order valence-electron chi connectivity index (χ2n) is 5.00. The van der Waals surface area contributed by atoms with Crippen molar-refractivity contribution in [1.29, 1.82) is 0 Å². The van der Waals surface area contributed by atoms with Gasteiger partial charge in [0.05, 0.1) is 11.6 Å². The minimum absolute atomic E-state index is 0.126. The molecule has 0 heterocycles. The van der Waals surface area contributed by atoms with Crippen LogP contribution in [0.3, 0.4) is 0 Å². The molecular formula is C15H21BrClFO. The number of halogens is 3. The van der Waals surface area contributed by atoms with Gasteiger partial charge in [-0.15, -0.1) is 0 Å². The minimum atomic E-state index is -0.341. The molecule has 0 aliphatic rings. The first kappa shape index (κ1) is 16.8. The highest BCUT2D eigenvalue weighted by molar-refractivity contribution is 9.09. The molecule has 4 heteroatoms. The smallest absolute Gasteiger partial charge is 0.138 e. The molecule has 0 atom stereocenters. The Bertz CT molecular complexity index is 392. The van der Waals surface area contributed by atoms with E-state index in [0.717, 1.165) is 31.0 Å². The fourth-order valence-corrected chi connectivity index (χ4v) is 3.27. The van der Waals surface area contributed by atoms with Crippen LogP contribution in [0.15, 0.2) is 18.2 Å². The van der Waals surface area contributed by atoms with Gasteiger partial charge in [-0.2, -0.15) is 0 Å². The Morgan fingerprint density at radius 2 is 1.89 bits per heavy atom. The molecule has 0 unspecified atom stereocenters. The Morgan fingerprint density at radius 3 is 2.37 bits per heavy atom. The maximum absolute atomic E-state index is 13.0. The van der Waals surface area contributed by atoms with E-state index in [9.17, 15) is 4.39 Å². The van der Waals surface area contributed by atoms with Gasteiger partial charge in [0.25, 0.3) is 0 Å². The van der Waals surface area contributed by atoms with Gasteiger partial charge in [-0.1, -0.05) is 54.2 Å². The lowest BCUT2D eigenvalue weighted by Crippen LogP contribution is -2.30. The van der Waals surface area contributed by atoms with Crippen LogP contribution in [0.1, 0.15) is 39.5 Å². The highest BCUT2D eigenvalue weighted by atomic mass is 79.9. The van der Waals surface area contributed by atoms with Crippen LogP contribution in [-0.4, -0.2) is 11.9 Å². The molecule has 1 aromatic rings. The molecule has 0 radical (unpaired) electrons. The van der Waals surface area contributed by atoms with E-state index < -0.39 is 0 Å². The largest absolute Gasteiger partial charge is 0.491 e. The molecule has 0 N–H and O–H groups in total. The van der Waals surface area contributed by atoms with Crippen molar-refractivity contribution in [1.82, 2.24) is 0 Å². The van der Waals surface area contributed by atoms with Crippen molar-refractivity contribution in [2.24, 2.45) is 5.41 Å². The summed E-state index contributed by atoms with van der Waals surface area (Å²) < 4.78 is 18.8. The number of hydrogen-bond acceptors (Lipinski definition) is 1. The number of alkyl halides is 1. The standard InChI is InChI=1S/C15H21BrClFO/c1-3-7-15(10-16,8-4-2)11-19-14-6-5-12(18)9-13(14)17/h5-6,9H,3-4,7-8,10-11H2,1-2H3. The predicted molar refractivity (Wildman–Crippen MR) is 82.9 cm³/mol. The van der Waals surface area contributed by atoms with E-state index in [2.05, 4.69) is 29.8 Å². The summed E-state index contributed by atoms with van der Waals surface area (Å²) in [7, 11) is 0. The summed E-state index contributed by atoms with van der Waals surface area (Å²) in [6.45, 7) is 4.96. The molecule has 0 saturated heterocycles. The van der Waals surface area contributed by atoms with Crippen LogP contribution in [0.2, 0.25) is 5.02 Å². The van der Waals surface area contributed by atoms with Crippen molar-refractivity contribution in [3.63, 3.8) is 0 Å². The molecule has 19 heavy (non-hydrogen) atoms. The molecule has 0 fully saturated rings. The topological polar surface area (TPSA) is 9.23 Å². The summed E-state index contributed by atoms with van der Waals surface area (Å²) >= 11 is 9.58. The lowest BCUT2D eigenvalue weighted by molar-refractivity contribution is 0.144. The third-order valence-electron chi connectivity index (χ3n) is 3.27. The van der Waals surface area contributed by atoms with Crippen LogP contribution in [0, 0.1) is 11.2 Å². The van der Waals surface area contributed by atoms with Gasteiger partial charge in [-0.05, 0) is 31.0 Å². The first-order valence-electron chi connectivity index (χ1n) is 6.70. The third kappa shape index (κ3) is 4.96. The van der Waals surface area contributed by atoms with Crippen molar-refractivity contribution in [3.8, 4) is 5.75 Å². The molecule has 0 bridgehead atoms. The quantitative estimate of drug-likeness (QED) is 0.535. The Labute approximate surface area is 128 Å². The monoisotopic (exact) mass is 350 g/mol. The van der Waals surface area contributed by atoms with E-state index in [4.69, 9.17) is 16.3 Å². The van der Waals surface area contributed by atoms with Gasteiger partial charge in [-0.3, -0.25) is 0 Å². The van der Waals surface area contributed by atoms with E-state index in [1.54, 1.807) is 6.07 Å². The molecule has 0 saturated carbocycles. The molecule has 0 amide bonds. The molecule has 108 valence electrons. The van der Waals surface area contributed by atoms with Crippen molar-refractivity contribution in [2.75, 3.05) is 11.9 Å². The van der Waals surface area contributed by atoms with Crippen LogP contribution >= 0.6 is 27.5 Å². The van der Waals surface area contributed by atoms with Crippen LogP contribution < -0.4 is 4.74 Å². The average molecular weight is 352 g/mol. The maximum Gasteiger partial charge on any atom is 0.138 e. The lowest BCUT2D eigenvalue weighted by Gasteiger charge is -2.31. The second kappa shape index (κ2) is 8.11. The molecule has 0 aromatic heterocycles. The van der Waals surface area contributed by atoms with Crippen LogP contribution in [-0.2, 0) is 0 Å². The van der Waals surface area contributed by atoms with E-state index in [1.165, 1.54) is 12.1 Å². The molecule has 0 aliphatic heterocycles. The highest BCUT2D eigenvalue weighted by Crippen LogP contribution is 2.34. The van der Waals surface area contributed by atoms with E-state index >= 15 is 0 Å². The SMILES string of the molecule is CCCC(CBr)(CCC)COc1ccc(F)cc1Cl. The molecule has 0 aliphatic carbocycles. The zero-order valence-electron chi connectivity index (χ0n) is 11.5. The Morgan fingerprint density at radius 1 is 1.26 bits per heavy atom. The summed E-state index contributed by atoms with van der Waals surface area (Å²) in [5.41, 5.74) is 0.126. The maximum atomic E-state index is 13.0. The number of hydrogen-bond donors (Lipinski definition) is 0. The Hall–Kier alpha value is -0.280. The summed E-state index contributed by atoms with van der Waals surface area (Å²) in [5, 5.41) is 1.23. The van der Waals surface area contributed by atoms with Crippen LogP contribution in [0.4, 0.5) is 4.39 Å². The fourth-order valence-electron chi connectivity index (χ4n) is 2.33. The number of benzene rings is 1. The third-order valence-corrected chi connectivity index (χ3v) is 4.76. The summed E-state index contributed by atoms with van der Waals surface area (Å²) in [4.78, 5) is 0. The lowest BCUT2D eigenvalue weighted by atomic mass is 9.82. The van der Waals surface area contributed by atoms with E-state index in [-0.39, 0.29) is 11.2 Å². The zero-order valence-corrected chi connectivity index (χ0v) is 13.9. The van der Waals surface area contributed by atoms with Crippen LogP contribution in [0.5, 0.6) is 5.75 Å². The number of rotatable bonds is 8. The molecule has 1 nitrogen and oxygen atoms in total. The summed E-state index contributed by atoms with van der Waals surface area (Å²) in [6, 6.07) is 4.25. The summed E-state index contributed by atoms with van der Waals surface area (Å²) in [6.07, 6.45) is 4.44. The first-order chi connectivity index (χ1) is 9.06. The molecule has 1 aromatic carbocycles. The van der Waals surface area contributed by atoms with Gasteiger partial charge in [0.15, 0.2) is 0 Å². The number of ether oxygens (including phenoxy) is 1. The van der Waals surface area contributed by atoms with Crippen molar-refractivity contribution >= 4 is 27.5 Å². The van der Waals surface area contributed by atoms with E-state index in [0.29, 0.717) is 17.4 Å². The first-order valence-corrected chi connectivity index (χ1v) is 8.20. The minimum Gasteiger partial charge on any atom is -0.491 e. The molecular weight excluding hydrogens is 331 g/mol.